The SMILES string of the molecule is CCCC(=NC)N/N=C/c1c(-c2ccc(C)cc2)[nH]c2c(C)cc(C)cc12. The minimum atomic E-state index is 0.894. The standard InChI is InChI=1S/C23H28N4/c1-6-7-21(24-5)27-25-14-20-19-13-16(3)12-17(4)22(19)26-23(20)18-10-8-15(2)9-11-18/h8-14,26H,6-7H2,1-5H3,(H,24,27)/b25-14+. The maximum Gasteiger partial charge on any atom is 0.116 e. The van der Waals surface area contributed by atoms with Gasteiger partial charge < -0.3 is 4.98 Å². The number of aromatic amines is 1. The molecule has 4 heteroatoms. The predicted molar refractivity (Wildman–Crippen MR) is 117 cm³/mol. The van der Waals surface area contributed by atoms with Crippen molar-refractivity contribution in [2.45, 2.75) is 40.5 Å². The Labute approximate surface area is 161 Å². The fourth-order valence-corrected chi connectivity index (χ4v) is 3.38. The van der Waals surface area contributed by atoms with Crippen molar-refractivity contribution in [2.24, 2.45) is 10.1 Å². The minimum Gasteiger partial charge on any atom is -0.354 e. The summed E-state index contributed by atoms with van der Waals surface area (Å²) < 4.78 is 0. The third-order valence-electron chi connectivity index (χ3n) is 4.77. The van der Waals surface area contributed by atoms with E-state index in [9.17, 15) is 0 Å². The van der Waals surface area contributed by atoms with Gasteiger partial charge in [0, 0.05) is 29.9 Å². The fraction of sp³-hybridized carbons (Fsp3) is 0.304. The van der Waals surface area contributed by atoms with Crippen LogP contribution in [0.1, 0.15) is 42.0 Å². The number of aliphatic imine (C=N–C) groups is 1. The molecule has 3 aromatic rings. The summed E-state index contributed by atoms with van der Waals surface area (Å²) in [5.74, 6) is 0.901. The molecule has 0 unspecified atom stereocenters. The maximum atomic E-state index is 4.49. The Morgan fingerprint density at radius 1 is 1.07 bits per heavy atom. The number of hydrogen-bond acceptors (Lipinski definition) is 2. The van der Waals surface area contributed by atoms with Crippen molar-refractivity contribution in [3.8, 4) is 11.3 Å². The average molecular weight is 361 g/mol. The number of hydrogen-bond donors (Lipinski definition) is 2. The van der Waals surface area contributed by atoms with Gasteiger partial charge >= 0.3 is 0 Å². The van der Waals surface area contributed by atoms with E-state index in [1.807, 2.05) is 6.21 Å². The van der Waals surface area contributed by atoms with Crippen LogP contribution in [0.4, 0.5) is 0 Å². The summed E-state index contributed by atoms with van der Waals surface area (Å²) >= 11 is 0. The topological polar surface area (TPSA) is 52.5 Å². The van der Waals surface area contributed by atoms with E-state index in [4.69, 9.17) is 0 Å². The first-order valence-corrected chi connectivity index (χ1v) is 9.48. The van der Waals surface area contributed by atoms with Crippen molar-refractivity contribution < 1.29 is 0 Å². The molecule has 4 nitrogen and oxygen atoms in total. The molecule has 1 aromatic heterocycles. The van der Waals surface area contributed by atoms with E-state index in [0.717, 1.165) is 41.0 Å². The van der Waals surface area contributed by atoms with Gasteiger partial charge in [0.1, 0.15) is 5.84 Å². The van der Waals surface area contributed by atoms with Gasteiger partial charge in [-0.25, -0.2) is 0 Å². The number of amidine groups is 1. The summed E-state index contributed by atoms with van der Waals surface area (Å²) in [6.45, 7) is 8.52. The first-order chi connectivity index (χ1) is 13.0. The smallest absolute Gasteiger partial charge is 0.116 e. The average Bonchev–Trinajstić information content (AvgIpc) is 3.00. The molecule has 2 N–H and O–H groups in total. The van der Waals surface area contributed by atoms with Crippen LogP contribution in [0.2, 0.25) is 0 Å². The van der Waals surface area contributed by atoms with Gasteiger partial charge in [-0.05, 0) is 44.4 Å². The zero-order chi connectivity index (χ0) is 19.4. The molecule has 0 radical (unpaired) electrons. The molecule has 2 aromatic carbocycles. The van der Waals surface area contributed by atoms with E-state index in [1.54, 1.807) is 7.05 Å². The lowest BCUT2D eigenvalue weighted by molar-refractivity contribution is 0.906. The van der Waals surface area contributed by atoms with E-state index in [2.05, 4.69) is 84.6 Å². The molecule has 0 aliphatic rings. The van der Waals surface area contributed by atoms with Crippen molar-refractivity contribution in [1.82, 2.24) is 10.4 Å². The van der Waals surface area contributed by atoms with Crippen molar-refractivity contribution in [1.29, 1.82) is 0 Å². The number of aromatic nitrogens is 1. The van der Waals surface area contributed by atoms with E-state index in [0.29, 0.717) is 0 Å². The third-order valence-corrected chi connectivity index (χ3v) is 4.77. The molecule has 0 amide bonds. The highest BCUT2D eigenvalue weighted by Gasteiger charge is 2.14. The van der Waals surface area contributed by atoms with Crippen molar-refractivity contribution in [3.63, 3.8) is 0 Å². The summed E-state index contributed by atoms with van der Waals surface area (Å²) in [6.07, 6.45) is 3.84. The number of H-pyrrole nitrogens is 1. The number of nitrogens with one attached hydrogen (secondary N) is 2. The van der Waals surface area contributed by atoms with Crippen LogP contribution < -0.4 is 5.43 Å². The van der Waals surface area contributed by atoms with Crippen molar-refractivity contribution in [3.05, 3.63) is 58.7 Å². The van der Waals surface area contributed by atoms with Crippen LogP contribution >= 0.6 is 0 Å². The Kier molecular flexibility index (Phi) is 5.75. The third kappa shape index (κ3) is 4.11. The van der Waals surface area contributed by atoms with Gasteiger partial charge in [0.05, 0.1) is 11.9 Å². The van der Waals surface area contributed by atoms with E-state index < -0.39 is 0 Å². The second-order valence-corrected chi connectivity index (χ2v) is 7.07. The highest BCUT2D eigenvalue weighted by Crippen LogP contribution is 2.31. The number of aryl methyl sites for hydroxylation is 3. The molecule has 27 heavy (non-hydrogen) atoms. The van der Waals surface area contributed by atoms with Crippen LogP contribution in [0.3, 0.4) is 0 Å². The summed E-state index contributed by atoms with van der Waals surface area (Å²) in [6, 6.07) is 13.0. The Morgan fingerprint density at radius 2 is 1.81 bits per heavy atom. The summed E-state index contributed by atoms with van der Waals surface area (Å²) in [5, 5.41) is 5.68. The molecular formula is C23H28N4. The number of benzene rings is 2. The maximum absolute atomic E-state index is 4.49. The van der Waals surface area contributed by atoms with Crippen molar-refractivity contribution in [2.75, 3.05) is 7.05 Å². The molecule has 0 atom stereocenters. The van der Waals surface area contributed by atoms with Gasteiger partial charge in [0.2, 0.25) is 0 Å². The molecule has 0 saturated heterocycles. The number of hydrazone groups is 1. The van der Waals surface area contributed by atoms with Gasteiger partial charge in [0.15, 0.2) is 0 Å². The first-order valence-electron chi connectivity index (χ1n) is 9.48. The van der Waals surface area contributed by atoms with Gasteiger partial charge in [-0.1, -0.05) is 48.4 Å². The van der Waals surface area contributed by atoms with Gasteiger partial charge in [-0.2, -0.15) is 5.10 Å². The second kappa shape index (κ2) is 8.21. The lowest BCUT2D eigenvalue weighted by Gasteiger charge is -2.04. The summed E-state index contributed by atoms with van der Waals surface area (Å²) in [4.78, 5) is 7.88. The van der Waals surface area contributed by atoms with E-state index >= 15 is 0 Å². The summed E-state index contributed by atoms with van der Waals surface area (Å²) in [5.41, 5.74) is 11.4. The minimum absolute atomic E-state index is 0.894. The predicted octanol–water partition coefficient (Wildman–Crippen LogP) is 5.51. The van der Waals surface area contributed by atoms with Gasteiger partial charge in [-0.3, -0.25) is 10.4 Å². The summed E-state index contributed by atoms with van der Waals surface area (Å²) in [7, 11) is 1.80. The lowest BCUT2D eigenvalue weighted by Crippen LogP contribution is -2.17. The normalized spacial score (nSPS) is 12.3. The van der Waals surface area contributed by atoms with E-state index in [-0.39, 0.29) is 0 Å². The molecule has 3 rings (SSSR count). The Morgan fingerprint density at radius 3 is 2.48 bits per heavy atom. The highest BCUT2D eigenvalue weighted by atomic mass is 15.3. The zero-order valence-corrected chi connectivity index (χ0v) is 16.9. The lowest BCUT2D eigenvalue weighted by atomic mass is 10.0. The first kappa shape index (κ1) is 18.9. The zero-order valence-electron chi connectivity index (χ0n) is 16.9. The van der Waals surface area contributed by atoms with Gasteiger partial charge in [-0.15, -0.1) is 0 Å². The van der Waals surface area contributed by atoms with Crippen LogP contribution in [0, 0.1) is 20.8 Å². The molecule has 0 spiro atoms. The van der Waals surface area contributed by atoms with Crippen LogP contribution in [-0.4, -0.2) is 24.1 Å². The monoisotopic (exact) mass is 360 g/mol. The second-order valence-electron chi connectivity index (χ2n) is 7.07. The van der Waals surface area contributed by atoms with E-state index in [1.165, 1.54) is 22.1 Å². The van der Waals surface area contributed by atoms with Gasteiger partial charge in [0.25, 0.3) is 0 Å². The molecule has 0 bridgehead atoms. The quantitative estimate of drug-likeness (QED) is 0.352. The fourth-order valence-electron chi connectivity index (χ4n) is 3.38. The molecule has 0 fully saturated rings. The van der Waals surface area contributed by atoms with Crippen LogP contribution in [0.25, 0.3) is 22.2 Å². The number of rotatable bonds is 5. The van der Waals surface area contributed by atoms with Crippen LogP contribution in [0.15, 0.2) is 46.5 Å². The molecule has 1 heterocycles. The molecule has 0 aliphatic heterocycles. The van der Waals surface area contributed by atoms with Crippen LogP contribution in [0.5, 0.6) is 0 Å². The largest absolute Gasteiger partial charge is 0.354 e. The Hall–Kier alpha value is -2.88. The molecular weight excluding hydrogens is 332 g/mol. The van der Waals surface area contributed by atoms with Crippen LogP contribution in [-0.2, 0) is 0 Å². The Balaban J connectivity index is 2.10. The molecule has 140 valence electrons. The number of fused-ring (bicyclic) bond motifs is 1. The molecule has 0 aliphatic carbocycles. The number of nitrogens with zero attached hydrogens (tertiary/aromatic N) is 2. The molecule has 0 saturated carbocycles. The van der Waals surface area contributed by atoms with Crippen molar-refractivity contribution >= 4 is 23.0 Å². The highest BCUT2D eigenvalue weighted by molar-refractivity contribution is 6.07. The Bertz CT molecular complexity index is 991.